The van der Waals surface area contributed by atoms with Gasteiger partial charge in [0.1, 0.15) is 11.9 Å². The second kappa shape index (κ2) is 13.0. The van der Waals surface area contributed by atoms with Crippen LogP contribution in [0.2, 0.25) is 5.02 Å². The molecule has 0 spiro atoms. The summed E-state index contributed by atoms with van der Waals surface area (Å²) in [5, 5.41) is 19.4. The lowest BCUT2D eigenvalue weighted by Crippen LogP contribution is -2.46. The van der Waals surface area contributed by atoms with Gasteiger partial charge in [-0.05, 0) is 43.7 Å². The molecular weight excluding hydrogens is 572 g/mol. The van der Waals surface area contributed by atoms with E-state index in [1.807, 2.05) is 25.1 Å². The van der Waals surface area contributed by atoms with Crippen LogP contribution in [-0.2, 0) is 11.3 Å². The Morgan fingerprint density at radius 2 is 2.00 bits per heavy atom. The number of nitrogens with one attached hydrogen (secondary N) is 3. The topological polar surface area (TPSA) is 154 Å². The minimum atomic E-state index is -0.801. The molecule has 4 heterocycles. The standard InChI is InChI=1S/C30H31ClN8O4/c1-4-32-25-7-5-6-23(36-25)24(16-40)37-28(41)17(2)39-15-19-9-8-18(12-21(19)29(39)42)27-22(31)14-34-30(38-27)35-20-10-11-33-26(13-20)43-3/h5-14,17,24,40H,4,15-16H2,1-3H3,(H,32,36)(H,37,41)(H,33,34,35,38). The predicted molar refractivity (Wildman–Crippen MR) is 162 cm³/mol. The molecule has 13 heteroatoms. The Kier molecular flexibility index (Phi) is 8.98. The third-order valence-electron chi connectivity index (χ3n) is 6.99. The lowest BCUT2D eigenvalue weighted by atomic mass is 10.0. The van der Waals surface area contributed by atoms with Gasteiger partial charge in [0.05, 0.1) is 42.4 Å². The first-order chi connectivity index (χ1) is 20.8. The number of rotatable bonds is 11. The van der Waals surface area contributed by atoms with Crippen LogP contribution in [0.25, 0.3) is 11.3 Å². The molecule has 0 aliphatic carbocycles. The molecular formula is C30H31ClN8O4. The van der Waals surface area contributed by atoms with Crippen LogP contribution >= 0.6 is 11.6 Å². The summed E-state index contributed by atoms with van der Waals surface area (Å²) in [6, 6.07) is 12.7. The van der Waals surface area contributed by atoms with Crippen molar-refractivity contribution in [1.82, 2.24) is 30.2 Å². The number of aromatic nitrogens is 4. The average molecular weight is 603 g/mol. The molecule has 2 unspecified atom stereocenters. The Hall–Kier alpha value is -4.81. The lowest BCUT2D eigenvalue weighted by Gasteiger charge is -2.26. The fraction of sp³-hybridized carbons (Fsp3) is 0.267. The van der Waals surface area contributed by atoms with Crippen molar-refractivity contribution in [2.45, 2.75) is 32.5 Å². The quantitative estimate of drug-likeness (QED) is 0.198. The highest BCUT2D eigenvalue weighted by molar-refractivity contribution is 6.33. The van der Waals surface area contributed by atoms with E-state index in [1.165, 1.54) is 18.2 Å². The lowest BCUT2D eigenvalue weighted by molar-refractivity contribution is -0.126. The molecule has 1 aliphatic rings. The molecule has 3 aromatic heterocycles. The van der Waals surface area contributed by atoms with Crippen LogP contribution in [-0.4, -0.2) is 68.1 Å². The van der Waals surface area contributed by atoms with Crippen LogP contribution in [0.5, 0.6) is 5.88 Å². The van der Waals surface area contributed by atoms with Crippen molar-refractivity contribution in [3.63, 3.8) is 0 Å². The molecule has 4 N–H and O–H groups in total. The Morgan fingerprint density at radius 3 is 2.77 bits per heavy atom. The number of aliphatic hydroxyl groups is 1. The smallest absolute Gasteiger partial charge is 0.255 e. The number of benzene rings is 1. The number of hydrogen-bond donors (Lipinski definition) is 4. The normalized spacial score (nSPS) is 13.7. The van der Waals surface area contributed by atoms with Gasteiger partial charge < -0.3 is 30.7 Å². The Balaban J connectivity index is 1.31. The highest BCUT2D eigenvalue weighted by Gasteiger charge is 2.35. The van der Waals surface area contributed by atoms with Crippen LogP contribution in [0.1, 0.15) is 41.5 Å². The Bertz CT molecular complexity index is 1650. The summed E-state index contributed by atoms with van der Waals surface area (Å²) in [6.45, 7) is 4.21. The highest BCUT2D eigenvalue weighted by Crippen LogP contribution is 2.33. The van der Waals surface area contributed by atoms with Gasteiger partial charge in [0.15, 0.2) is 0 Å². The minimum Gasteiger partial charge on any atom is -0.481 e. The van der Waals surface area contributed by atoms with E-state index in [4.69, 9.17) is 16.3 Å². The average Bonchev–Trinajstić information content (AvgIpc) is 3.36. The van der Waals surface area contributed by atoms with Crippen molar-refractivity contribution >= 4 is 40.9 Å². The summed E-state index contributed by atoms with van der Waals surface area (Å²) in [5.41, 5.74) is 3.50. The first kappa shape index (κ1) is 29.7. The van der Waals surface area contributed by atoms with E-state index >= 15 is 0 Å². The number of carbonyl (C=O) groups is 2. The number of hydrogen-bond acceptors (Lipinski definition) is 10. The maximum Gasteiger partial charge on any atom is 0.255 e. The highest BCUT2D eigenvalue weighted by atomic mass is 35.5. The van der Waals surface area contributed by atoms with Crippen molar-refractivity contribution < 1.29 is 19.4 Å². The molecule has 2 atom stereocenters. The summed E-state index contributed by atoms with van der Waals surface area (Å²) >= 11 is 6.47. The molecule has 5 rings (SSSR count). The zero-order valence-corrected chi connectivity index (χ0v) is 24.6. The first-order valence-electron chi connectivity index (χ1n) is 13.7. The van der Waals surface area contributed by atoms with Gasteiger partial charge in [-0.2, -0.15) is 0 Å². The number of amides is 2. The van der Waals surface area contributed by atoms with Gasteiger partial charge in [-0.15, -0.1) is 0 Å². The van der Waals surface area contributed by atoms with Gasteiger partial charge in [-0.3, -0.25) is 9.59 Å². The van der Waals surface area contributed by atoms with Gasteiger partial charge in [0.25, 0.3) is 5.91 Å². The summed E-state index contributed by atoms with van der Waals surface area (Å²) in [7, 11) is 1.53. The van der Waals surface area contributed by atoms with Crippen LogP contribution in [0.3, 0.4) is 0 Å². The van der Waals surface area contributed by atoms with Crippen LogP contribution in [0.4, 0.5) is 17.5 Å². The zero-order valence-electron chi connectivity index (χ0n) is 23.8. The second-order valence-corrected chi connectivity index (χ2v) is 10.2. The molecule has 2 amide bonds. The summed E-state index contributed by atoms with van der Waals surface area (Å²) in [6.07, 6.45) is 3.08. The van der Waals surface area contributed by atoms with Gasteiger partial charge >= 0.3 is 0 Å². The van der Waals surface area contributed by atoms with E-state index in [0.29, 0.717) is 57.4 Å². The molecule has 1 aromatic carbocycles. The monoisotopic (exact) mass is 602 g/mol. The van der Waals surface area contributed by atoms with E-state index in [2.05, 4.69) is 35.9 Å². The maximum atomic E-state index is 13.5. The van der Waals surface area contributed by atoms with E-state index < -0.39 is 18.0 Å². The molecule has 0 saturated heterocycles. The van der Waals surface area contributed by atoms with E-state index in [-0.39, 0.29) is 19.1 Å². The van der Waals surface area contributed by atoms with Crippen molar-refractivity contribution in [2.75, 3.05) is 30.9 Å². The fourth-order valence-corrected chi connectivity index (χ4v) is 4.91. The Morgan fingerprint density at radius 1 is 1.16 bits per heavy atom. The number of halogens is 1. The fourth-order valence-electron chi connectivity index (χ4n) is 4.71. The van der Waals surface area contributed by atoms with Crippen molar-refractivity contribution in [1.29, 1.82) is 0 Å². The largest absolute Gasteiger partial charge is 0.481 e. The molecule has 222 valence electrons. The SMILES string of the molecule is CCNc1cccc(C(CO)NC(=O)C(C)N2Cc3ccc(-c4nc(Nc5ccnc(OC)c5)ncc4Cl)cc3C2=O)n1. The number of nitrogens with zero attached hydrogens (tertiary/aromatic N) is 5. The number of fused-ring (bicyclic) bond motifs is 1. The van der Waals surface area contributed by atoms with Gasteiger partial charge in [0.2, 0.25) is 17.7 Å². The molecule has 43 heavy (non-hydrogen) atoms. The number of ether oxygens (including phenoxy) is 1. The van der Waals surface area contributed by atoms with Crippen molar-refractivity contribution in [3.8, 4) is 17.1 Å². The van der Waals surface area contributed by atoms with Crippen LogP contribution < -0.4 is 20.7 Å². The minimum absolute atomic E-state index is 0.259. The van der Waals surface area contributed by atoms with Crippen molar-refractivity contribution in [3.05, 3.63) is 82.8 Å². The van der Waals surface area contributed by atoms with E-state index in [1.54, 1.807) is 43.5 Å². The second-order valence-electron chi connectivity index (χ2n) is 9.80. The third-order valence-corrected chi connectivity index (χ3v) is 7.27. The third kappa shape index (κ3) is 6.50. The summed E-state index contributed by atoms with van der Waals surface area (Å²) in [4.78, 5) is 45.6. The molecule has 0 saturated carbocycles. The van der Waals surface area contributed by atoms with Gasteiger partial charge in [0, 0.05) is 42.2 Å². The van der Waals surface area contributed by atoms with Crippen molar-refractivity contribution in [2.24, 2.45) is 0 Å². The van der Waals surface area contributed by atoms with Crippen LogP contribution in [0, 0.1) is 0 Å². The molecule has 1 aliphatic heterocycles. The van der Waals surface area contributed by atoms with Crippen LogP contribution in [0.15, 0.2) is 60.9 Å². The molecule has 12 nitrogen and oxygen atoms in total. The number of carbonyl (C=O) groups excluding carboxylic acids is 2. The summed E-state index contributed by atoms with van der Waals surface area (Å²) < 4.78 is 5.16. The van der Waals surface area contributed by atoms with E-state index in [0.717, 1.165) is 5.56 Å². The molecule has 0 radical (unpaired) electrons. The molecule has 0 fully saturated rings. The summed E-state index contributed by atoms with van der Waals surface area (Å²) in [5.74, 6) is 0.685. The predicted octanol–water partition coefficient (Wildman–Crippen LogP) is 3.97. The van der Waals surface area contributed by atoms with Gasteiger partial charge in [-0.25, -0.2) is 19.9 Å². The Labute approximate surface area is 253 Å². The molecule has 0 bridgehead atoms. The number of methoxy groups -OCH3 is 1. The maximum absolute atomic E-state index is 13.5. The molecule has 4 aromatic rings. The van der Waals surface area contributed by atoms with Gasteiger partial charge in [-0.1, -0.05) is 29.8 Å². The van der Waals surface area contributed by atoms with E-state index in [9.17, 15) is 14.7 Å². The zero-order chi connectivity index (χ0) is 30.5. The number of anilines is 3. The number of aliphatic hydroxyl groups excluding tert-OH is 1. The first-order valence-corrected chi connectivity index (χ1v) is 14.0. The number of pyridine rings is 2.